The van der Waals surface area contributed by atoms with Gasteiger partial charge in [-0.2, -0.15) is 0 Å². The predicted octanol–water partition coefficient (Wildman–Crippen LogP) is 9.42. The molecule has 10 aliphatic rings. The van der Waals surface area contributed by atoms with Crippen LogP contribution in [0.3, 0.4) is 0 Å². The fraction of sp³-hybridized carbons (Fsp3) is 0.603. The molecule has 5 aliphatic carbocycles. The minimum absolute atomic E-state index is 0.0331. The van der Waals surface area contributed by atoms with Gasteiger partial charge in [0.25, 0.3) is 0 Å². The molecular weight excluding hydrogens is 865 g/mol. The number of benzene rings is 3. The van der Waals surface area contributed by atoms with Crippen LogP contribution < -0.4 is 30.6 Å². The number of guanidine groups is 1. The average molecular weight is 943 g/mol. The van der Waals surface area contributed by atoms with Gasteiger partial charge in [0.15, 0.2) is 17.5 Å². The second kappa shape index (κ2) is 19.8. The molecule has 3 aromatic rings. The van der Waals surface area contributed by atoms with E-state index in [9.17, 15) is 20.4 Å². The highest BCUT2D eigenvalue weighted by Gasteiger charge is 2.55. The van der Waals surface area contributed by atoms with Crippen LogP contribution >= 0.6 is 0 Å². The van der Waals surface area contributed by atoms with Gasteiger partial charge in [0.2, 0.25) is 0 Å². The number of fused-ring (bicyclic) bond motifs is 3. The molecule has 0 aromatic heterocycles. The number of ether oxygens (including phenoxy) is 3. The van der Waals surface area contributed by atoms with Crippen LogP contribution in [0.15, 0.2) is 65.7 Å². The first-order valence-corrected chi connectivity index (χ1v) is 26.6. The van der Waals surface area contributed by atoms with E-state index < -0.39 is 18.3 Å². The molecule has 11 heteroatoms. The Morgan fingerprint density at radius 3 is 2.54 bits per heavy atom. The van der Waals surface area contributed by atoms with E-state index >= 15 is 0 Å². The summed E-state index contributed by atoms with van der Waals surface area (Å²) in [5, 5.41) is 53.8. The third-order valence-electron chi connectivity index (χ3n) is 17.9. The highest BCUT2D eigenvalue weighted by atomic mass is 16.5. The number of phenols is 2. The molecule has 372 valence electrons. The van der Waals surface area contributed by atoms with Crippen LogP contribution in [-0.2, 0) is 19.3 Å². The Bertz CT molecular complexity index is 2450. The second-order valence-corrected chi connectivity index (χ2v) is 22.5. The van der Waals surface area contributed by atoms with Crippen molar-refractivity contribution in [2.45, 2.75) is 147 Å². The van der Waals surface area contributed by atoms with Crippen molar-refractivity contribution in [1.29, 1.82) is 0 Å². The van der Waals surface area contributed by atoms with Gasteiger partial charge in [-0.05, 0) is 183 Å². The number of likely N-dealkylation sites (N-methyl/N-ethyl adjacent to an activating group) is 1. The zero-order valence-electron chi connectivity index (χ0n) is 41.6. The quantitative estimate of drug-likeness (QED) is 0.122. The minimum Gasteiger partial charge on any atom is -0.508 e. The third-order valence-corrected chi connectivity index (χ3v) is 17.9. The maximum absolute atomic E-state index is 12.4. The Labute approximate surface area is 410 Å². The van der Waals surface area contributed by atoms with Gasteiger partial charge in [0, 0.05) is 48.7 Å². The topological polar surface area (TPSA) is 171 Å². The number of allylic oxidation sites excluding steroid dienone is 3. The maximum atomic E-state index is 12.4. The van der Waals surface area contributed by atoms with Crippen molar-refractivity contribution in [2.24, 2.45) is 57.6 Å². The van der Waals surface area contributed by atoms with Crippen LogP contribution in [0.1, 0.15) is 131 Å². The normalized spacial score (nSPS) is 34.1. The van der Waals surface area contributed by atoms with E-state index in [2.05, 4.69) is 68.8 Å². The molecule has 2 saturated carbocycles. The number of aliphatic imine (C=N–C) groups is 1. The van der Waals surface area contributed by atoms with Crippen molar-refractivity contribution in [3.63, 3.8) is 0 Å². The van der Waals surface area contributed by atoms with Gasteiger partial charge in [-0.15, -0.1) is 0 Å². The Morgan fingerprint density at radius 1 is 0.913 bits per heavy atom. The minimum atomic E-state index is -0.879. The van der Waals surface area contributed by atoms with E-state index in [1.807, 2.05) is 24.3 Å². The van der Waals surface area contributed by atoms with Crippen molar-refractivity contribution < 1.29 is 34.6 Å². The fourth-order valence-electron chi connectivity index (χ4n) is 14.7. The van der Waals surface area contributed by atoms with E-state index in [0.717, 1.165) is 110 Å². The molecule has 0 radical (unpaired) electrons. The van der Waals surface area contributed by atoms with Gasteiger partial charge in [0.05, 0.1) is 19.3 Å². The Hall–Kier alpha value is -4.71. The molecule has 1 spiro atoms. The molecule has 69 heavy (non-hydrogen) atoms. The van der Waals surface area contributed by atoms with E-state index in [1.54, 1.807) is 13.2 Å². The van der Waals surface area contributed by atoms with Crippen LogP contribution in [0.4, 0.5) is 0 Å². The molecule has 8 bridgehead atoms. The zero-order chi connectivity index (χ0) is 48.1. The van der Waals surface area contributed by atoms with E-state index in [-0.39, 0.29) is 40.9 Å². The first-order chi connectivity index (χ1) is 33.4. The molecule has 5 heterocycles. The van der Waals surface area contributed by atoms with Gasteiger partial charge in [-0.3, -0.25) is 4.99 Å². The number of phenolic OH excluding ortho intramolecular Hbond substituents is 2. The molecule has 2 fully saturated rings. The predicted molar refractivity (Wildman–Crippen MR) is 272 cm³/mol. The largest absolute Gasteiger partial charge is 0.508 e. The Morgan fingerprint density at radius 2 is 1.74 bits per heavy atom. The highest BCUT2D eigenvalue weighted by Crippen LogP contribution is 2.61. The maximum Gasteiger partial charge on any atom is 0.188 e. The number of rotatable bonds is 5. The van der Waals surface area contributed by atoms with E-state index in [1.165, 1.54) is 0 Å². The molecule has 11 nitrogen and oxygen atoms in total. The molecule has 8 N–H and O–H groups in total. The number of aliphatic hydroxyl groups is 2. The number of aliphatic hydroxyl groups excluding tert-OH is 2. The fourth-order valence-corrected chi connectivity index (χ4v) is 14.7. The van der Waals surface area contributed by atoms with Crippen LogP contribution in [0.5, 0.6) is 28.7 Å². The summed E-state index contributed by atoms with van der Waals surface area (Å²) in [4.78, 5) is 4.71. The summed E-state index contributed by atoms with van der Waals surface area (Å²) < 4.78 is 20.4. The number of nitrogens with two attached hydrogens (primary N) is 1. The van der Waals surface area contributed by atoms with Crippen LogP contribution in [0.2, 0.25) is 0 Å². The monoisotopic (exact) mass is 943 g/mol. The number of hydrogen-bond acceptors (Lipinski definition) is 11. The first-order valence-electron chi connectivity index (χ1n) is 26.6. The molecule has 0 unspecified atom stereocenters. The third kappa shape index (κ3) is 9.25. The van der Waals surface area contributed by atoms with Crippen molar-refractivity contribution in [3.05, 3.63) is 88.5 Å². The smallest absolute Gasteiger partial charge is 0.188 e. The van der Waals surface area contributed by atoms with Gasteiger partial charge in [-0.25, -0.2) is 0 Å². The molecule has 5 aliphatic heterocycles. The Balaban J connectivity index is 1.05. The zero-order valence-corrected chi connectivity index (χ0v) is 41.6. The number of nitrogens with one attached hydrogen (secondary N) is 2. The van der Waals surface area contributed by atoms with Gasteiger partial charge >= 0.3 is 0 Å². The molecule has 13 atom stereocenters. The molecule has 13 rings (SSSR count). The lowest BCUT2D eigenvalue weighted by molar-refractivity contribution is -0.0191. The van der Waals surface area contributed by atoms with Crippen LogP contribution in [0, 0.1) is 46.8 Å². The SMILES string of the molecule is CC[C@H]1C[C@H]2C=C[C@@H]1C[C@@H](O)CCCN=C(N)NCC[C@H]1[C@H](CCC[C@]13C[C@@H]1[C@@H](C=C[C@H]1NC)C3)Oc1cc(ccc1O)[C@@H]1Oc3cc(OC)c4c(c3C[C@H]1O)[C@@H]2Cc1cc(O)c(CC(C)C)cc1-4. The van der Waals surface area contributed by atoms with Gasteiger partial charge < -0.3 is 51.0 Å². The average Bonchev–Trinajstić information content (AvgIpc) is 3.88. The summed E-state index contributed by atoms with van der Waals surface area (Å²) in [6, 6.07) is 12.0. The lowest BCUT2D eigenvalue weighted by Gasteiger charge is -2.47. The number of methoxy groups -OCH3 is 1. The van der Waals surface area contributed by atoms with E-state index in [0.29, 0.717) is 91.0 Å². The van der Waals surface area contributed by atoms with Gasteiger partial charge in [0.1, 0.15) is 29.5 Å². The summed E-state index contributed by atoms with van der Waals surface area (Å²) in [5.74, 6) is 5.16. The summed E-state index contributed by atoms with van der Waals surface area (Å²) in [6.45, 7) is 7.82. The number of aromatic hydroxyl groups is 2. The molecule has 0 saturated heterocycles. The summed E-state index contributed by atoms with van der Waals surface area (Å²) in [5.41, 5.74) is 13.6. The molecule has 3 aromatic carbocycles. The lowest BCUT2D eigenvalue weighted by atomic mass is 9.62. The lowest BCUT2D eigenvalue weighted by Crippen LogP contribution is -2.46. The molecular formula is C58H78N4O7. The summed E-state index contributed by atoms with van der Waals surface area (Å²) in [6.07, 6.45) is 19.5. The second-order valence-electron chi connectivity index (χ2n) is 22.5. The number of nitrogens with zero attached hydrogens (tertiary/aromatic N) is 1. The summed E-state index contributed by atoms with van der Waals surface area (Å²) >= 11 is 0. The summed E-state index contributed by atoms with van der Waals surface area (Å²) in [7, 11) is 3.79. The van der Waals surface area contributed by atoms with Crippen molar-refractivity contribution >= 4 is 5.96 Å². The molecule has 0 amide bonds. The highest BCUT2D eigenvalue weighted by molar-refractivity contribution is 5.84. The van der Waals surface area contributed by atoms with Crippen LogP contribution in [0.25, 0.3) is 11.1 Å². The van der Waals surface area contributed by atoms with Crippen LogP contribution in [-0.4, -0.2) is 78.0 Å². The van der Waals surface area contributed by atoms with Gasteiger partial charge in [-0.1, -0.05) is 57.6 Å². The van der Waals surface area contributed by atoms with Crippen molar-refractivity contribution in [1.82, 2.24) is 10.6 Å². The first kappa shape index (κ1) is 47.9. The van der Waals surface area contributed by atoms with Crippen molar-refractivity contribution in [2.75, 3.05) is 27.2 Å². The standard InChI is InChI=1S/C58H78N4O7/c1-6-33-22-35-12-11-34(33)23-40(63)9-8-19-61-57(59)62-20-17-45-50(10-7-18-58(45)30-37-13-15-46(60-4)44(37)31-58)68-52-27-36(14-16-47(52)64)56-49(66)28-43-51(69-56)29-53(67-5)55-42-25-39(21-32(2)3)48(65)26-38(42)24-41(35)54(43)55/h11-16,25-27,29,32-35,37,40-41,44-46,49-50,56,60,63-66H,6-10,17-24,28,30-31H2,1-5H3,(H3,59,61,62)/t33-,34+,35+,37-,40-,41+,44+,45-,46+,49+,50-,56-,58-/m0/s1. The van der Waals surface area contributed by atoms with E-state index in [4.69, 9.17) is 24.9 Å². The Kier molecular flexibility index (Phi) is 13.8. The van der Waals surface area contributed by atoms with Crippen molar-refractivity contribution in [3.8, 4) is 39.9 Å². The number of hydrogen-bond donors (Lipinski definition) is 7.